The lowest BCUT2D eigenvalue weighted by atomic mass is 9.91. The van der Waals surface area contributed by atoms with Gasteiger partial charge in [-0.05, 0) is 37.3 Å². The van der Waals surface area contributed by atoms with E-state index in [1.165, 1.54) is 34.8 Å². The molecule has 1 unspecified atom stereocenters. The Labute approximate surface area is 122 Å². The van der Waals surface area contributed by atoms with E-state index >= 15 is 0 Å². The highest BCUT2D eigenvalue weighted by atomic mass is 32.1. The highest BCUT2D eigenvalue weighted by Crippen LogP contribution is 2.35. The number of rotatable bonds is 5. The fraction of sp³-hybridized carbons (Fsp3) is 0.533. The second-order valence-electron chi connectivity index (χ2n) is 5.07. The lowest BCUT2D eigenvalue weighted by molar-refractivity contribution is 0.508. The van der Waals surface area contributed by atoms with Gasteiger partial charge in [0, 0.05) is 28.6 Å². The van der Waals surface area contributed by atoms with Crippen molar-refractivity contribution < 1.29 is 0 Å². The van der Waals surface area contributed by atoms with Crippen LogP contribution in [0, 0.1) is 0 Å². The maximum atomic E-state index is 4.95. The summed E-state index contributed by atoms with van der Waals surface area (Å²) in [4.78, 5) is 7.91. The average molecular weight is 292 g/mol. The summed E-state index contributed by atoms with van der Waals surface area (Å²) in [5, 5.41) is 6.93. The molecule has 19 heavy (non-hydrogen) atoms. The van der Waals surface area contributed by atoms with Crippen LogP contribution in [-0.4, -0.2) is 18.1 Å². The minimum absolute atomic E-state index is 0.636. The zero-order valence-corrected chi connectivity index (χ0v) is 12.9. The Kier molecular flexibility index (Phi) is 4.31. The van der Waals surface area contributed by atoms with Gasteiger partial charge < -0.3 is 5.32 Å². The van der Waals surface area contributed by atoms with E-state index in [0.717, 1.165) is 19.5 Å². The minimum atomic E-state index is 0.636. The number of hydrogen-bond acceptors (Lipinski definition) is 4. The quantitative estimate of drug-likeness (QED) is 0.906. The summed E-state index contributed by atoms with van der Waals surface area (Å²) in [5.41, 5.74) is 1.39. The third kappa shape index (κ3) is 3.07. The van der Waals surface area contributed by atoms with E-state index in [1.807, 2.05) is 22.7 Å². The van der Waals surface area contributed by atoms with Crippen LogP contribution in [0.25, 0.3) is 0 Å². The van der Waals surface area contributed by atoms with Crippen LogP contribution < -0.4 is 5.32 Å². The van der Waals surface area contributed by atoms with Gasteiger partial charge in [0.05, 0.1) is 10.7 Å². The number of nitrogens with zero attached hydrogens (tertiary/aromatic N) is 1. The summed E-state index contributed by atoms with van der Waals surface area (Å²) in [6.45, 7) is 4.32. The topological polar surface area (TPSA) is 24.9 Å². The van der Waals surface area contributed by atoms with Gasteiger partial charge in [-0.2, -0.15) is 0 Å². The second kappa shape index (κ2) is 6.16. The molecule has 2 aromatic heterocycles. The molecule has 0 spiro atoms. The number of thiophene rings is 1. The molecule has 0 radical (unpaired) electrons. The fourth-order valence-electron chi connectivity index (χ4n) is 2.71. The normalized spacial score (nSPS) is 18.5. The molecule has 102 valence electrons. The Balaban J connectivity index is 1.77. The van der Waals surface area contributed by atoms with Crippen LogP contribution in [-0.2, 0) is 12.8 Å². The molecule has 4 heteroatoms. The summed E-state index contributed by atoms with van der Waals surface area (Å²) in [7, 11) is 0. The summed E-state index contributed by atoms with van der Waals surface area (Å²) in [5.74, 6) is 0.636. The Bertz CT molecular complexity index is 516. The van der Waals surface area contributed by atoms with Crippen molar-refractivity contribution >= 4 is 22.7 Å². The zero-order valence-electron chi connectivity index (χ0n) is 11.3. The van der Waals surface area contributed by atoms with Gasteiger partial charge in [0.2, 0.25) is 0 Å². The van der Waals surface area contributed by atoms with Crippen LogP contribution in [0.2, 0.25) is 0 Å². The fourth-order valence-corrected chi connectivity index (χ4v) is 4.73. The molecule has 0 saturated heterocycles. The predicted octanol–water partition coefficient (Wildman–Crippen LogP) is 3.82. The molecule has 0 aromatic carbocycles. The summed E-state index contributed by atoms with van der Waals surface area (Å²) in [6, 6.07) is 4.34. The number of likely N-dealkylation sites (N-methyl/N-ethyl adjacent to an activating group) is 1. The Morgan fingerprint density at radius 2 is 2.42 bits per heavy atom. The lowest BCUT2D eigenvalue weighted by Crippen LogP contribution is -2.24. The van der Waals surface area contributed by atoms with E-state index in [9.17, 15) is 0 Å². The number of hydrogen-bond donors (Lipinski definition) is 1. The Hall–Kier alpha value is -0.710. The molecule has 2 heterocycles. The van der Waals surface area contributed by atoms with E-state index in [4.69, 9.17) is 4.98 Å². The number of fused-ring (bicyclic) bond motifs is 1. The van der Waals surface area contributed by atoms with Crippen LogP contribution in [0.4, 0.5) is 0 Å². The van der Waals surface area contributed by atoms with Crippen molar-refractivity contribution in [2.75, 3.05) is 13.1 Å². The third-order valence-corrected chi connectivity index (χ3v) is 5.67. The first-order valence-electron chi connectivity index (χ1n) is 7.08. The molecule has 0 bridgehead atoms. The summed E-state index contributed by atoms with van der Waals surface area (Å²) < 4.78 is 0. The maximum Gasteiger partial charge on any atom is 0.0983 e. The molecular formula is C15H20N2S2. The maximum absolute atomic E-state index is 4.95. The number of aryl methyl sites for hydroxylation is 1. The van der Waals surface area contributed by atoms with Crippen molar-refractivity contribution in [1.29, 1.82) is 0 Å². The molecular weight excluding hydrogens is 272 g/mol. The zero-order chi connectivity index (χ0) is 13.1. The molecule has 0 aliphatic heterocycles. The molecule has 0 fully saturated rings. The Morgan fingerprint density at radius 1 is 1.47 bits per heavy atom. The standard InChI is InChI=1S/C15H20N2S2/c1-2-16-10-11-5-3-7-13-15(11)17-14(19-13)9-12-6-4-8-18-12/h4,6,8,11,16H,2-3,5,7,9-10H2,1H3. The number of thiazole rings is 1. The van der Waals surface area contributed by atoms with Gasteiger partial charge in [0.15, 0.2) is 0 Å². The average Bonchev–Trinajstić information content (AvgIpc) is 3.05. The van der Waals surface area contributed by atoms with Crippen molar-refractivity contribution in [3.63, 3.8) is 0 Å². The van der Waals surface area contributed by atoms with Gasteiger partial charge in [-0.25, -0.2) is 4.98 Å². The first-order valence-corrected chi connectivity index (χ1v) is 8.78. The van der Waals surface area contributed by atoms with E-state index in [-0.39, 0.29) is 0 Å². The first kappa shape index (κ1) is 13.3. The van der Waals surface area contributed by atoms with E-state index in [2.05, 4.69) is 29.8 Å². The second-order valence-corrected chi connectivity index (χ2v) is 7.27. The van der Waals surface area contributed by atoms with Gasteiger partial charge in [0.25, 0.3) is 0 Å². The number of nitrogens with one attached hydrogen (secondary N) is 1. The molecule has 2 aromatic rings. The van der Waals surface area contributed by atoms with E-state index in [1.54, 1.807) is 4.88 Å². The van der Waals surface area contributed by atoms with Crippen LogP contribution in [0.15, 0.2) is 17.5 Å². The van der Waals surface area contributed by atoms with Gasteiger partial charge in [-0.1, -0.05) is 13.0 Å². The van der Waals surface area contributed by atoms with Crippen molar-refractivity contribution in [3.8, 4) is 0 Å². The molecule has 0 saturated carbocycles. The van der Waals surface area contributed by atoms with Crippen LogP contribution in [0.1, 0.15) is 46.1 Å². The lowest BCUT2D eigenvalue weighted by Gasteiger charge is -2.21. The molecule has 1 N–H and O–H groups in total. The van der Waals surface area contributed by atoms with Gasteiger partial charge in [-0.3, -0.25) is 0 Å². The van der Waals surface area contributed by atoms with Gasteiger partial charge in [-0.15, -0.1) is 22.7 Å². The smallest absolute Gasteiger partial charge is 0.0983 e. The van der Waals surface area contributed by atoms with E-state index < -0.39 is 0 Å². The first-order chi connectivity index (χ1) is 9.36. The number of aromatic nitrogens is 1. The van der Waals surface area contributed by atoms with Gasteiger partial charge >= 0.3 is 0 Å². The van der Waals surface area contributed by atoms with Crippen LogP contribution in [0.3, 0.4) is 0 Å². The highest BCUT2D eigenvalue weighted by Gasteiger charge is 2.24. The molecule has 1 aliphatic rings. The predicted molar refractivity (Wildman–Crippen MR) is 83.5 cm³/mol. The van der Waals surface area contributed by atoms with E-state index in [0.29, 0.717) is 5.92 Å². The summed E-state index contributed by atoms with van der Waals surface area (Å²) >= 11 is 3.77. The Morgan fingerprint density at radius 3 is 3.21 bits per heavy atom. The SMILES string of the molecule is CCNCC1CCCc2sc(Cc3cccs3)nc21. The van der Waals surface area contributed by atoms with Crippen molar-refractivity contribution in [2.24, 2.45) is 0 Å². The van der Waals surface area contributed by atoms with Crippen molar-refractivity contribution in [2.45, 2.75) is 38.5 Å². The van der Waals surface area contributed by atoms with Crippen molar-refractivity contribution in [3.05, 3.63) is 38.0 Å². The monoisotopic (exact) mass is 292 g/mol. The molecule has 2 nitrogen and oxygen atoms in total. The van der Waals surface area contributed by atoms with Gasteiger partial charge in [0.1, 0.15) is 0 Å². The minimum Gasteiger partial charge on any atom is -0.316 e. The van der Waals surface area contributed by atoms with Crippen LogP contribution >= 0.6 is 22.7 Å². The highest BCUT2D eigenvalue weighted by molar-refractivity contribution is 7.12. The third-order valence-electron chi connectivity index (χ3n) is 3.66. The molecule has 1 atom stereocenters. The molecule has 3 rings (SSSR count). The van der Waals surface area contributed by atoms with Crippen LogP contribution in [0.5, 0.6) is 0 Å². The molecule has 0 amide bonds. The molecule has 1 aliphatic carbocycles. The van der Waals surface area contributed by atoms with Crippen molar-refractivity contribution in [1.82, 2.24) is 10.3 Å². The summed E-state index contributed by atoms with van der Waals surface area (Å²) in [6.07, 6.45) is 4.87. The largest absolute Gasteiger partial charge is 0.316 e.